The first-order chi connectivity index (χ1) is 9.68. The Morgan fingerprint density at radius 2 is 1.00 bits per heavy atom. The minimum atomic E-state index is 0. The van der Waals surface area contributed by atoms with Crippen LogP contribution in [0, 0.1) is 0 Å². The fraction of sp³-hybridized carbons (Fsp3) is 1.00. The van der Waals surface area contributed by atoms with Gasteiger partial charge in [0.25, 0.3) is 0 Å². The number of hydrogen-bond donors (Lipinski definition) is 1. The Hall–Kier alpha value is 0.650. The zero-order valence-corrected chi connectivity index (χ0v) is 17.0. The highest BCUT2D eigenvalue weighted by molar-refractivity contribution is 4.48. The molecule has 0 aromatic heterocycles. The summed E-state index contributed by atoms with van der Waals surface area (Å²) in [4.78, 5) is 0. The largest absolute Gasteiger partial charge is 1.00 e. The van der Waals surface area contributed by atoms with Crippen LogP contribution in [0.15, 0.2) is 0 Å². The van der Waals surface area contributed by atoms with E-state index in [4.69, 9.17) is 5.11 Å². The second-order valence-electron chi connectivity index (χ2n) is 6.70. The molecule has 3 heteroatoms. The minimum absolute atomic E-state index is 0. The van der Waals surface area contributed by atoms with E-state index in [2.05, 4.69) is 20.9 Å². The molecule has 0 aliphatic heterocycles. The van der Waals surface area contributed by atoms with Crippen LogP contribution in [0.5, 0.6) is 0 Å². The van der Waals surface area contributed by atoms with Gasteiger partial charge in [-0.2, -0.15) is 0 Å². The van der Waals surface area contributed by atoms with Gasteiger partial charge in [0.1, 0.15) is 0 Å². The highest BCUT2D eigenvalue weighted by atomic mass is 127. The second kappa shape index (κ2) is 17.0. The van der Waals surface area contributed by atoms with Gasteiger partial charge in [-0.3, -0.25) is 0 Å². The summed E-state index contributed by atoms with van der Waals surface area (Å²) in [6.07, 6.45) is 14.7. The van der Waals surface area contributed by atoms with E-state index in [0.29, 0.717) is 6.61 Å². The summed E-state index contributed by atoms with van der Waals surface area (Å²) in [5.41, 5.74) is 0. The molecule has 0 saturated carbocycles. The van der Waals surface area contributed by atoms with Gasteiger partial charge >= 0.3 is 0 Å². The monoisotopic (exact) mass is 413 g/mol. The summed E-state index contributed by atoms with van der Waals surface area (Å²) in [5, 5.41) is 9.10. The first kappa shape index (κ1) is 23.9. The number of nitrogens with zero attached hydrogens (tertiary/aromatic N) is 1. The van der Waals surface area contributed by atoms with E-state index < -0.39 is 0 Å². The number of aliphatic hydroxyl groups excluding tert-OH is 1. The van der Waals surface area contributed by atoms with Crippen molar-refractivity contribution in [1.29, 1.82) is 0 Å². The highest BCUT2D eigenvalue weighted by Crippen LogP contribution is 2.13. The summed E-state index contributed by atoms with van der Waals surface area (Å²) in [6, 6.07) is 0. The van der Waals surface area contributed by atoms with Crippen molar-refractivity contribution in [3.63, 3.8) is 0 Å². The van der Waals surface area contributed by atoms with Crippen molar-refractivity contribution in [2.45, 2.75) is 84.5 Å². The van der Waals surface area contributed by atoms with Crippen molar-refractivity contribution in [1.82, 2.24) is 0 Å². The van der Waals surface area contributed by atoms with E-state index in [1.807, 2.05) is 0 Å². The molecule has 0 bridgehead atoms. The first-order valence-corrected chi connectivity index (χ1v) is 9.13. The number of quaternary nitrogens is 1. The Labute approximate surface area is 151 Å². The van der Waals surface area contributed by atoms with Gasteiger partial charge in [-0.1, -0.05) is 52.4 Å². The molecule has 2 nitrogen and oxygen atoms in total. The molecule has 0 rings (SSSR count). The molecule has 0 aliphatic carbocycles. The highest BCUT2D eigenvalue weighted by Gasteiger charge is 2.19. The Balaban J connectivity index is 0. The number of hydrogen-bond acceptors (Lipinski definition) is 1. The zero-order valence-electron chi connectivity index (χ0n) is 14.9. The van der Waals surface area contributed by atoms with Crippen LogP contribution in [0.4, 0.5) is 0 Å². The van der Waals surface area contributed by atoms with Crippen LogP contribution in [0.2, 0.25) is 0 Å². The zero-order chi connectivity index (χ0) is 15.1. The lowest BCUT2D eigenvalue weighted by Crippen LogP contribution is -3.00. The number of rotatable bonds is 15. The molecule has 0 spiro atoms. The number of halogens is 1. The fourth-order valence-corrected chi connectivity index (χ4v) is 2.98. The molecular formula is C18H40INO. The van der Waals surface area contributed by atoms with E-state index in [1.165, 1.54) is 81.8 Å². The molecule has 0 amide bonds. The smallest absolute Gasteiger partial charge is 0.0806 e. The van der Waals surface area contributed by atoms with Crippen molar-refractivity contribution in [2.24, 2.45) is 0 Å². The van der Waals surface area contributed by atoms with Gasteiger partial charge in [-0.25, -0.2) is 0 Å². The third kappa shape index (κ3) is 15.3. The predicted octanol–water partition coefficient (Wildman–Crippen LogP) is 1.76. The molecule has 0 aliphatic rings. The van der Waals surface area contributed by atoms with Gasteiger partial charge in [-0.15, -0.1) is 0 Å². The fourth-order valence-electron chi connectivity index (χ4n) is 2.98. The summed E-state index contributed by atoms with van der Waals surface area (Å²) in [5.74, 6) is 0. The molecule has 0 fully saturated rings. The van der Waals surface area contributed by atoms with Crippen molar-refractivity contribution in [3.05, 3.63) is 0 Å². The maximum atomic E-state index is 9.10. The van der Waals surface area contributed by atoms with Gasteiger partial charge < -0.3 is 33.6 Å². The minimum Gasteiger partial charge on any atom is -1.00 e. The topological polar surface area (TPSA) is 20.2 Å². The second-order valence-corrected chi connectivity index (χ2v) is 6.70. The van der Waals surface area contributed by atoms with Gasteiger partial charge in [0, 0.05) is 13.0 Å². The maximum absolute atomic E-state index is 9.10. The number of aliphatic hydroxyl groups is 1. The van der Waals surface area contributed by atoms with Crippen molar-refractivity contribution < 1.29 is 33.6 Å². The normalized spacial score (nSPS) is 13.7. The number of unbranched alkanes of at least 4 members (excludes halogenated alkanes) is 8. The molecule has 1 unspecified atom stereocenters. The van der Waals surface area contributed by atoms with Crippen molar-refractivity contribution in [3.8, 4) is 0 Å². The summed E-state index contributed by atoms with van der Waals surface area (Å²) >= 11 is 0. The van der Waals surface area contributed by atoms with E-state index >= 15 is 0 Å². The van der Waals surface area contributed by atoms with Crippen LogP contribution >= 0.6 is 0 Å². The molecule has 130 valence electrons. The summed E-state index contributed by atoms with van der Waals surface area (Å²) in [7, 11) is 2.40. The Morgan fingerprint density at radius 3 is 1.48 bits per heavy atom. The molecule has 21 heavy (non-hydrogen) atoms. The molecule has 0 heterocycles. The maximum Gasteiger partial charge on any atom is 0.0806 e. The average molecular weight is 413 g/mol. The van der Waals surface area contributed by atoms with Crippen LogP contribution in [0.3, 0.4) is 0 Å². The standard InChI is InChI=1S/C18H40NO.HI/c1-4-6-8-10-11-13-16-19(3,17-14-18-20)15-12-9-7-5-2;/h20H,4-18H2,1-3H3;1H/q+1;/p-1. The van der Waals surface area contributed by atoms with Crippen LogP contribution in [0.25, 0.3) is 0 Å². The summed E-state index contributed by atoms with van der Waals surface area (Å²) < 4.78 is 1.18. The van der Waals surface area contributed by atoms with Gasteiger partial charge in [0.05, 0.1) is 26.7 Å². The Morgan fingerprint density at radius 1 is 0.619 bits per heavy atom. The molecular weight excluding hydrogens is 373 g/mol. The lowest BCUT2D eigenvalue weighted by molar-refractivity contribution is -0.910. The molecule has 0 aromatic carbocycles. The van der Waals surface area contributed by atoms with Crippen molar-refractivity contribution >= 4 is 0 Å². The lowest BCUT2D eigenvalue weighted by Gasteiger charge is -2.35. The average Bonchev–Trinajstić information content (AvgIpc) is 2.45. The molecule has 0 aromatic rings. The van der Waals surface area contributed by atoms with Crippen molar-refractivity contribution in [2.75, 3.05) is 33.3 Å². The third-order valence-corrected chi connectivity index (χ3v) is 4.46. The molecule has 0 saturated heterocycles. The lowest BCUT2D eigenvalue weighted by atomic mass is 10.1. The third-order valence-electron chi connectivity index (χ3n) is 4.46. The Kier molecular flexibility index (Phi) is 19.4. The van der Waals surface area contributed by atoms with E-state index in [1.54, 1.807) is 0 Å². The van der Waals surface area contributed by atoms with E-state index in [9.17, 15) is 0 Å². The predicted molar refractivity (Wildman–Crippen MR) is 90.0 cm³/mol. The molecule has 0 radical (unpaired) electrons. The van der Waals surface area contributed by atoms with Crippen LogP contribution < -0.4 is 24.0 Å². The molecule has 1 atom stereocenters. The quantitative estimate of drug-likeness (QED) is 0.247. The molecule has 1 N–H and O–H groups in total. The first-order valence-electron chi connectivity index (χ1n) is 9.13. The van der Waals surface area contributed by atoms with E-state index in [-0.39, 0.29) is 24.0 Å². The van der Waals surface area contributed by atoms with Gasteiger partial charge in [0.15, 0.2) is 0 Å². The van der Waals surface area contributed by atoms with E-state index in [0.717, 1.165) is 13.0 Å². The van der Waals surface area contributed by atoms with Gasteiger partial charge in [-0.05, 0) is 25.7 Å². The Bertz CT molecular complexity index is 202. The van der Waals surface area contributed by atoms with Crippen LogP contribution in [-0.4, -0.2) is 42.9 Å². The van der Waals surface area contributed by atoms with Gasteiger partial charge in [0.2, 0.25) is 0 Å². The SMILES string of the molecule is CCCCCCCC[N+](C)(CCCO)CCCCCC.[I-]. The van der Waals surface area contributed by atoms with Crippen LogP contribution in [0.1, 0.15) is 84.5 Å². The summed E-state index contributed by atoms with van der Waals surface area (Å²) in [6.45, 7) is 8.65. The van der Waals surface area contributed by atoms with Crippen LogP contribution in [-0.2, 0) is 0 Å².